The molecule has 9 nitrogen and oxygen atoms in total. The lowest BCUT2D eigenvalue weighted by Gasteiger charge is -2.26. The van der Waals surface area contributed by atoms with Gasteiger partial charge in [0.25, 0.3) is 5.91 Å². The smallest absolute Gasteiger partial charge is 0.254 e. The highest BCUT2D eigenvalue weighted by Gasteiger charge is 2.32. The van der Waals surface area contributed by atoms with Crippen LogP contribution in [0.15, 0.2) is 73.1 Å². The molecule has 206 valence electrons. The number of likely N-dealkylation sites (N-methyl/N-ethyl adjacent to an activating group) is 1. The molecule has 0 unspecified atom stereocenters. The van der Waals surface area contributed by atoms with Gasteiger partial charge in [0.2, 0.25) is 11.8 Å². The molecule has 1 atom stereocenters. The van der Waals surface area contributed by atoms with E-state index in [-0.39, 0.29) is 37.4 Å². The molecule has 2 heterocycles. The fourth-order valence-corrected chi connectivity index (χ4v) is 4.79. The predicted octanol–water partition coefficient (Wildman–Crippen LogP) is 2.71. The molecule has 0 N–H and O–H groups in total. The first-order valence-corrected chi connectivity index (χ1v) is 13.5. The molecule has 1 aliphatic rings. The SMILES string of the molecule is CCN(CC)C(=O)CO[C@@H]1CN(CCc2ccccc2)C(=O)CN(C(=O)c2cccc(Cn3cccn3)c2)C1. The van der Waals surface area contributed by atoms with Crippen LogP contribution in [-0.2, 0) is 27.3 Å². The molecule has 0 aliphatic carbocycles. The van der Waals surface area contributed by atoms with Crippen molar-refractivity contribution >= 4 is 17.7 Å². The summed E-state index contributed by atoms with van der Waals surface area (Å²) in [5.41, 5.74) is 2.57. The quantitative estimate of drug-likeness (QED) is 0.380. The van der Waals surface area contributed by atoms with E-state index < -0.39 is 6.10 Å². The van der Waals surface area contributed by atoms with E-state index in [0.717, 1.165) is 11.1 Å². The van der Waals surface area contributed by atoms with Crippen LogP contribution in [0.3, 0.4) is 0 Å². The molecular formula is C30H37N5O4. The number of hydrogen-bond acceptors (Lipinski definition) is 5. The molecule has 0 radical (unpaired) electrons. The Bertz CT molecular complexity index is 1230. The summed E-state index contributed by atoms with van der Waals surface area (Å²) in [5, 5.41) is 4.24. The third-order valence-corrected chi connectivity index (χ3v) is 6.96. The second-order valence-corrected chi connectivity index (χ2v) is 9.66. The molecule has 9 heteroatoms. The Labute approximate surface area is 229 Å². The molecular weight excluding hydrogens is 494 g/mol. The van der Waals surface area contributed by atoms with Gasteiger partial charge in [-0.3, -0.25) is 19.1 Å². The summed E-state index contributed by atoms with van der Waals surface area (Å²) in [6.07, 6.45) is 3.80. The van der Waals surface area contributed by atoms with Gasteiger partial charge < -0.3 is 19.4 Å². The van der Waals surface area contributed by atoms with E-state index in [4.69, 9.17) is 4.74 Å². The molecule has 1 saturated heterocycles. The minimum Gasteiger partial charge on any atom is -0.365 e. The molecule has 0 saturated carbocycles. The Hall–Kier alpha value is -3.98. The molecule has 2 aromatic carbocycles. The van der Waals surface area contributed by atoms with Crippen molar-refractivity contribution in [3.63, 3.8) is 0 Å². The van der Waals surface area contributed by atoms with Gasteiger partial charge in [-0.1, -0.05) is 42.5 Å². The van der Waals surface area contributed by atoms with Crippen LogP contribution in [0.5, 0.6) is 0 Å². The van der Waals surface area contributed by atoms with Gasteiger partial charge in [0.15, 0.2) is 0 Å². The third-order valence-electron chi connectivity index (χ3n) is 6.96. The molecule has 39 heavy (non-hydrogen) atoms. The molecule has 0 spiro atoms. The summed E-state index contributed by atoms with van der Waals surface area (Å²) < 4.78 is 7.85. The number of benzene rings is 2. The van der Waals surface area contributed by atoms with Crippen molar-refractivity contribution in [2.24, 2.45) is 0 Å². The van der Waals surface area contributed by atoms with Crippen molar-refractivity contribution in [3.05, 3.63) is 89.7 Å². The van der Waals surface area contributed by atoms with Crippen LogP contribution in [0.4, 0.5) is 0 Å². The highest BCUT2D eigenvalue weighted by Crippen LogP contribution is 2.16. The summed E-state index contributed by atoms with van der Waals surface area (Å²) in [4.78, 5) is 44.6. The predicted molar refractivity (Wildman–Crippen MR) is 148 cm³/mol. The van der Waals surface area contributed by atoms with Crippen molar-refractivity contribution in [3.8, 4) is 0 Å². The second-order valence-electron chi connectivity index (χ2n) is 9.66. The van der Waals surface area contributed by atoms with Gasteiger partial charge in [0, 0.05) is 50.7 Å². The van der Waals surface area contributed by atoms with E-state index in [9.17, 15) is 14.4 Å². The molecule has 3 aromatic rings. The van der Waals surface area contributed by atoms with Crippen molar-refractivity contribution in [2.75, 3.05) is 45.9 Å². The van der Waals surface area contributed by atoms with E-state index in [2.05, 4.69) is 5.10 Å². The van der Waals surface area contributed by atoms with E-state index in [1.54, 1.807) is 31.6 Å². The fraction of sp³-hybridized carbons (Fsp3) is 0.400. The largest absolute Gasteiger partial charge is 0.365 e. The van der Waals surface area contributed by atoms with Gasteiger partial charge in [0.05, 0.1) is 12.6 Å². The van der Waals surface area contributed by atoms with Gasteiger partial charge in [-0.25, -0.2) is 0 Å². The molecule has 3 amide bonds. The minimum atomic E-state index is -0.483. The highest BCUT2D eigenvalue weighted by molar-refractivity contribution is 5.97. The first kappa shape index (κ1) is 28.0. The summed E-state index contributed by atoms with van der Waals surface area (Å²) in [5.74, 6) is -0.469. The van der Waals surface area contributed by atoms with Gasteiger partial charge in [0.1, 0.15) is 13.2 Å². The zero-order chi connectivity index (χ0) is 27.6. The minimum absolute atomic E-state index is 0.0408. The standard InChI is InChI=1S/C30H37N5O4/c1-3-32(4-2)29(37)23-39-27-20-33(17-14-24-10-6-5-7-11-24)28(36)22-34(21-27)30(38)26-13-8-12-25(18-26)19-35-16-9-15-31-35/h5-13,15-16,18,27H,3-4,14,17,19-23H2,1-2H3/t27-/m1/s1. The monoisotopic (exact) mass is 531 g/mol. The van der Waals surface area contributed by atoms with Gasteiger partial charge in [-0.2, -0.15) is 5.10 Å². The summed E-state index contributed by atoms with van der Waals surface area (Å²) >= 11 is 0. The zero-order valence-corrected chi connectivity index (χ0v) is 22.7. The Morgan fingerprint density at radius 3 is 2.49 bits per heavy atom. The number of aromatic nitrogens is 2. The van der Waals surface area contributed by atoms with E-state index in [0.29, 0.717) is 44.7 Å². The molecule has 1 aromatic heterocycles. The van der Waals surface area contributed by atoms with Gasteiger partial charge in [-0.15, -0.1) is 0 Å². The lowest BCUT2D eigenvalue weighted by molar-refractivity contribution is -0.138. The Morgan fingerprint density at radius 2 is 1.77 bits per heavy atom. The fourth-order valence-electron chi connectivity index (χ4n) is 4.79. The van der Waals surface area contributed by atoms with Crippen LogP contribution in [0, 0.1) is 0 Å². The molecule has 1 fully saturated rings. The maximum atomic E-state index is 13.6. The van der Waals surface area contributed by atoms with Crippen LogP contribution in [0.2, 0.25) is 0 Å². The first-order chi connectivity index (χ1) is 19.0. The van der Waals surface area contributed by atoms with Crippen LogP contribution in [-0.4, -0.2) is 94.2 Å². The number of nitrogens with zero attached hydrogens (tertiary/aromatic N) is 5. The number of rotatable bonds is 11. The Balaban J connectivity index is 1.49. The van der Waals surface area contributed by atoms with Crippen molar-refractivity contribution in [1.29, 1.82) is 0 Å². The number of carbonyl (C=O) groups is 3. The number of carbonyl (C=O) groups excluding carboxylic acids is 3. The number of amides is 3. The highest BCUT2D eigenvalue weighted by atomic mass is 16.5. The molecule has 4 rings (SSSR count). The average molecular weight is 532 g/mol. The maximum absolute atomic E-state index is 13.6. The van der Waals surface area contributed by atoms with E-state index >= 15 is 0 Å². The maximum Gasteiger partial charge on any atom is 0.254 e. The topological polar surface area (TPSA) is 88.0 Å². The number of ether oxygens (including phenoxy) is 1. The first-order valence-electron chi connectivity index (χ1n) is 13.5. The van der Waals surface area contributed by atoms with Crippen LogP contribution >= 0.6 is 0 Å². The Morgan fingerprint density at radius 1 is 1.00 bits per heavy atom. The van der Waals surface area contributed by atoms with E-state index in [1.807, 2.05) is 74.6 Å². The second kappa shape index (κ2) is 13.7. The zero-order valence-electron chi connectivity index (χ0n) is 22.7. The van der Waals surface area contributed by atoms with Gasteiger partial charge in [-0.05, 0) is 49.6 Å². The lowest BCUT2D eigenvalue weighted by atomic mass is 10.1. The molecule has 1 aliphatic heterocycles. The van der Waals surface area contributed by atoms with Gasteiger partial charge >= 0.3 is 0 Å². The third kappa shape index (κ3) is 7.77. The lowest BCUT2D eigenvalue weighted by Crippen LogP contribution is -2.41. The van der Waals surface area contributed by atoms with Crippen molar-refractivity contribution < 1.29 is 19.1 Å². The van der Waals surface area contributed by atoms with Crippen LogP contribution in [0.25, 0.3) is 0 Å². The summed E-state index contributed by atoms with van der Waals surface area (Å²) in [6, 6.07) is 19.2. The summed E-state index contributed by atoms with van der Waals surface area (Å²) in [7, 11) is 0. The Kier molecular flexibility index (Phi) is 9.85. The summed E-state index contributed by atoms with van der Waals surface area (Å²) in [6.45, 7) is 6.52. The van der Waals surface area contributed by atoms with Crippen LogP contribution < -0.4 is 0 Å². The normalized spacial score (nSPS) is 15.7. The average Bonchev–Trinajstić information content (AvgIpc) is 3.41. The molecule has 0 bridgehead atoms. The van der Waals surface area contributed by atoms with Crippen LogP contribution in [0.1, 0.15) is 35.3 Å². The van der Waals surface area contributed by atoms with E-state index in [1.165, 1.54) is 0 Å². The number of hydrogen-bond donors (Lipinski definition) is 0. The van der Waals surface area contributed by atoms with Crippen molar-refractivity contribution in [2.45, 2.75) is 32.9 Å². The van der Waals surface area contributed by atoms with Crippen molar-refractivity contribution in [1.82, 2.24) is 24.5 Å².